The Bertz CT molecular complexity index is 771. The maximum Gasteiger partial charge on any atom is 0.122 e. The van der Waals surface area contributed by atoms with Crippen molar-refractivity contribution in [3.8, 4) is 11.5 Å². The SMILES string of the molecule is COc1cccc2c1CCCC2CN(C)CCc1ccc2c(c1)CCO2. The number of methoxy groups -OCH3 is 1. The van der Waals surface area contributed by atoms with Crippen LogP contribution in [-0.2, 0) is 19.3 Å². The largest absolute Gasteiger partial charge is 0.496 e. The third kappa shape index (κ3) is 3.59. The van der Waals surface area contributed by atoms with Gasteiger partial charge in [0, 0.05) is 19.5 Å². The molecule has 138 valence electrons. The van der Waals surface area contributed by atoms with Crippen molar-refractivity contribution in [3.63, 3.8) is 0 Å². The Morgan fingerprint density at radius 3 is 3.00 bits per heavy atom. The van der Waals surface area contributed by atoms with Crippen molar-refractivity contribution in [2.75, 3.05) is 33.9 Å². The number of fused-ring (bicyclic) bond motifs is 2. The van der Waals surface area contributed by atoms with Crippen molar-refractivity contribution in [1.29, 1.82) is 0 Å². The van der Waals surface area contributed by atoms with E-state index in [1.807, 2.05) is 0 Å². The first-order valence-electron chi connectivity index (χ1n) is 9.83. The minimum atomic E-state index is 0.618. The van der Waals surface area contributed by atoms with E-state index in [1.54, 1.807) is 7.11 Å². The average Bonchev–Trinajstić information content (AvgIpc) is 3.14. The normalized spacial score (nSPS) is 18.3. The lowest BCUT2D eigenvalue weighted by atomic mass is 9.82. The van der Waals surface area contributed by atoms with E-state index in [0.29, 0.717) is 5.92 Å². The van der Waals surface area contributed by atoms with E-state index in [0.717, 1.165) is 50.5 Å². The molecule has 1 atom stereocenters. The van der Waals surface area contributed by atoms with Crippen molar-refractivity contribution in [2.24, 2.45) is 0 Å². The topological polar surface area (TPSA) is 21.7 Å². The van der Waals surface area contributed by atoms with E-state index in [4.69, 9.17) is 9.47 Å². The van der Waals surface area contributed by atoms with Crippen molar-refractivity contribution in [3.05, 3.63) is 58.7 Å². The Kier molecular flexibility index (Phi) is 5.16. The quantitative estimate of drug-likeness (QED) is 0.778. The number of likely N-dealkylation sites (N-methyl/N-ethyl adjacent to an activating group) is 1. The molecule has 0 bridgehead atoms. The second kappa shape index (κ2) is 7.71. The van der Waals surface area contributed by atoms with Crippen LogP contribution in [-0.4, -0.2) is 38.8 Å². The molecule has 4 rings (SSSR count). The highest BCUT2D eigenvalue weighted by atomic mass is 16.5. The molecular weight excluding hydrogens is 322 g/mol. The second-order valence-electron chi connectivity index (χ2n) is 7.67. The van der Waals surface area contributed by atoms with Gasteiger partial charge in [-0.05, 0) is 73.0 Å². The van der Waals surface area contributed by atoms with Crippen molar-refractivity contribution < 1.29 is 9.47 Å². The van der Waals surface area contributed by atoms with Crippen LogP contribution in [0.4, 0.5) is 0 Å². The monoisotopic (exact) mass is 351 g/mol. The molecule has 26 heavy (non-hydrogen) atoms. The predicted octanol–water partition coefficient (Wildman–Crippen LogP) is 4.22. The summed E-state index contributed by atoms with van der Waals surface area (Å²) in [4.78, 5) is 2.49. The summed E-state index contributed by atoms with van der Waals surface area (Å²) in [7, 11) is 4.04. The van der Waals surface area contributed by atoms with Crippen molar-refractivity contribution >= 4 is 0 Å². The summed E-state index contributed by atoms with van der Waals surface area (Å²) >= 11 is 0. The Balaban J connectivity index is 1.38. The lowest BCUT2D eigenvalue weighted by Crippen LogP contribution is -2.28. The predicted molar refractivity (Wildman–Crippen MR) is 106 cm³/mol. The maximum absolute atomic E-state index is 5.61. The summed E-state index contributed by atoms with van der Waals surface area (Å²) in [6.07, 6.45) is 5.84. The number of nitrogens with zero attached hydrogens (tertiary/aromatic N) is 1. The summed E-state index contributed by atoms with van der Waals surface area (Å²) in [5.74, 6) is 2.76. The minimum absolute atomic E-state index is 0.618. The lowest BCUT2D eigenvalue weighted by Gasteiger charge is -2.30. The van der Waals surface area contributed by atoms with Crippen LogP contribution >= 0.6 is 0 Å². The molecule has 2 aromatic carbocycles. The molecule has 0 spiro atoms. The second-order valence-corrected chi connectivity index (χ2v) is 7.67. The summed E-state index contributed by atoms with van der Waals surface area (Å²) < 4.78 is 11.2. The van der Waals surface area contributed by atoms with Gasteiger partial charge in [-0.2, -0.15) is 0 Å². The van der Waals surface area contributed by atoms with Gasteiger partial charge in [-0.3, -0.25) is 0 Å². The molecule has 0 N–H and O–H groups in total. The first-order valence-corrected chi connectivity index (χ1v) is 9.83. The summed E-state index contributed by atoms with van der Waals surface area (Å²) in [6.45, 7) is 3.05. The van der Waals surface area contributed by atoms with Gasteiger partial charge in [0.05, 0.1) is 13.7 Å². The van der Waals surface area contributed by atoms with E-state index in [2.05, 4.69) is 48.3 Å². The van der Waals surface area contributed by atoms with Crippen LogP contribution in [0.3, 0.4) is 0 Å². The molecular formula is C23H29NO2. The van der Waals surface area contributed by atoms with E-state index in [-0.39, 0.29) is 0 Å². The Hall–Kier alpha value is -2.00. The van der Waals surface area contributed by atoms with Gasteiger partial charge in [0.15, 0.2) is 0 Å². The Labute approximate surface area is 156 Å². The molecule has 0 radical (unpaired) electrons. The molecule has 0 amide bonds. The number of benzene rings is 2. The molecule has 1 aliphatic carbocycles. The van der Waals surface area contributed by atoms with Crippen LogP contribution < -0.4 is 9.47 Å². The van der Waals surface area contributed by atoms with E-state index < -0.39 is 0 Å². The third-order valence-electron chi connectivity index (χ3n) is 5.88. The first-order chi connectivity index (χ1) is 12.7. The fourth-order valence-corrected chi connectivity index (χ4v) is 4.48. The van der Waals surface area contributed by atoms with Crippen LogP contribution in [0.15, 0.2) is 36.4 Å². The molecule has 0 saturated carbocycles. The summed E-state index contributed by atoms with van der Waals surface area (Å²) in [5, 5.41) is 0. The standard InChI is InChI=1S/C23H29NO2/c1-24(13-11-17-9-10-22-18(15-17)12-14-26-22)16-19-5-3-7-21-20(19)6-4-8-23(21)25-2/h4,6,8-10,15,19H,3,5,7,11-14,16H2,1-2H3. The van der Waals surface area contributed by atoms with Gasteiger partial charge >= 0.3 is 0 Å². The van der Waals surface area contributed by atoms with Gasteiger partial charge < -0.3 is 14.4 Å². The van der Waals surface area contributed by atoms with Gasteiger partial charge in [-0.15, -0.1) is 0 Å². The zero-order valence-electron chi connectivity index (χ0n) is 16.0. The zero-order chi connectivity index (χ0) is 17.9. The van der Waals surface area contributed by atoms with E-state index in [9.17, 15) is 0 Å². The summed E-state index contributed by atoms with van der Waals surface area (Å²) in [5.41, 5.74) is 5.72. The van der Waals surface area contributed by atoms with Gasteiger partial charge in [-0.1, -0.05) is 24.3 Å². The summed E-state index contributed by atoms with van der Waals surface area (Å²) in [6, 6.07) is 13.2. The fraction of sp³-hybridized carbons (Fsp3) is 0.478. The number of ether oxygens (including phenoxy) is 2. The molecule has 0 saturated heterocycles. The van der Waals surface area contributed by atoms with Crippen molar-refractivity contribution in [2.45, 2.75) is 38.0 Å². The van der Waals surface area contributed by atoms with E-state index in [1.165, 1.54) is 35.1 Å². The number of hydrogen-bond acceptors (Lipinski definition) is 3. The maximum atomic E-state index is 5.61. The highest BCUT2D eigenvalue weighted by Gasteiger charge is 2.23. The molecule has 2 aliphatic rings. The molecule has 1 heterocycles. The molecule has 1 unspecified atom stereocenters. The highest BCUT2D eigenvalue weighted by Crippen LogP contribution is 2.37. The first kappa shape index (κ1) is 17.4. The van der Waals surface area contributed by atoms with Crippen LogP contribution in [0.5, 0.6) is 11.5 Å². The van der Waals surface area contributed by atoms with E-state index >= 15 is 0 Å². The van der Waals surface area contributed by atoms with Crippen molar-refractivity contribution in [1.82, 2.24) is 4.90 Å². The van der Waals surface area contributed by atoms with Crippen LogP contribution in [0.1, 0.15) is 41.0 Å². The average molecular weight is 351 g/mol. The molecule has 0 aromatic heterocycles. The van der Waals surface area contributed by atoms with Crippen LogP contribution in [0.2, 0.25) is 0 Å². The molecule has 1 aliphatic heterocycles. The smallest absolute Gasteiger partial charge is 0.122 e. The van der Waals surface area contributed by atoms with Gasteiger partial charge in [-0.25, -0.2) is 0 Å². The minimum Gasteiger partial charge on any atom is -0.496 e. The molecule has 3 nitrogen and oxygen atoms in total. The van der Waals surface area contributed by atoms with Crippen LogP contribution in [0, 0.1) is 0 Å². The van der Waals surface area contributed by atoms with Crippen LogP contribution in [0.25, 0.3) is 0 Å². The lowest BCUT2D eigenvalue weighted by molar-refractivity contribution is 0.299. The Morgan fingerprint density at radius 1 is 1.19 bits per heavy atom. The molecule has 0 fully saturated rings. The van der Waals surface area contributed by atoms with Gasteiger partial charge in [0.25, 0.3) is 0 Å². The van der Waals surface area contributed by atoms with Gasteiger partial charge in [0.1, 0.15) is 11.5 Å². The number of hydrogen-bond donors (Lipinski definition) is 0. The van der Waals surface area contributed by atoms with Gasteiger partial charge in [0.2, 0.25) is 0 Å². The zero-order valence-corrected chi connectivity index (χ0v) is 16.0. The fourth-order valence-electron chi connectivity index (χ4n) is 4.48. The molecule has 3 heteroatoms. The molecule has 2 aromatic rings. The number of rotatable bonds is 6. The highest BCUT2D eigenvalue weighted by molar-refractivity contribution is 5.44. The third-order valence-corrected chi connectivity index (χ3v) is 5.88. The Morgan fingerprint density at radius 2 is 2.12 bits per heavy atom.